The monoisotopic (exact) mass is 612 g/mol. The van der Waals surface area contributed by atoms with Crippen molar-refractivity contribution in [2.24, 2.45) is 51.6 Å². The number of nitrogens with zero attached hydrogens (tertiary/aromatic N) is 1. The third-order valence-corrected chi connectivity index (χ3v) is 14.9. The number of nitrogens with two attached hydrogens (primary N) is 1. The molecule has 8 heteroatoms. The van der Waals surface area contributed by atoms with Gasteiger partial charge in [-0.05, 0) is 98.4 Å². The third-order valence-electron chi connectivity index (χ3n) is 14.9. The zero-order valence-corrected chi connectivity index (χ0v) is 27.5. The molecule has 0 aromatic rings. The maximum Gasteiger partial charge on any atom is 0.155 e. The van der Waals surface area contributed by atoms with E-state index in [1.807, 2.05) is 0 Å². The molecule has 2 N–H and O–H groups in total. The van der Waals surface area contributed by atoms with Crippen molar-refractivity contribution in [2.75, 3.05) is 66.4 Å². The van der Waals surface area contributed by atoms with Gasteiger partial charge in [-0.25, -0.2) is 0 Å². The summed E-state index contributed by atoms with van der Waals surface area (Å²) in [5, 5.41) is 0. The van der Waals surface area contributed by atoms with E-state index in [1.165, 1.54) is 44.1 Å². The summed E-state index contributed by atoms with van der Waals surface area (Å²) in [6, 6.07) is 0. The lowest BCUT2D eigenvalue weighted by Gasteiger charge is -2.62. The predicted octanol–water partition coefficient (Wildman–Crippen LogP) is 4.35. The minimum Gasteiger partial charge on any atom is -0.382 e. The number of carbonyl (C=O) groups is 1. The van der Waals surface area contributed by atoms with Crippen LogP contribution in [0.5, 0.6) is 0 Å². The Morgan fingerprint density at radius 1 is 0.977 bits per heavy atom. The van der Waals surface area contributed by atoms with E-state index in [-0.39, 0.29) is 22.8 Å². The lowest BCUT2D eigenvalue weighted by Crippen LogP contribution is -2.74. The van der Waals surface area contributed by atoms with Crippen molar-refractivity contribution in [1.82, 2.24) is 4.90 Å². The third kappa shape index (κ3) is 4.03. The van der Waals surface area contributed by atoms with E-state index >= 15 is 0 Å². The summed E-state index contributed by atoms with van der Waals surface area (Å²) in [5.74, 6) is 3.78. The quantitative estimate of drug-likeness (QED) is 0.326. The minimum absolute atomic E-state index is 0.0269. The second-order valence-corrected chi connectivity index (χ2v) is 16.4. The van der Waals surface area contributed by atoms with Gasteiger partial charge in [0.05, 0.1) is 58.0 Å². The highest BCUT2D eigenvalue weighted by atomic mass is 16.6. The molecule has 2 saturated heterocycles. The number of likely N-dealkylation sites (tertiary alicyclic amines) is 1. The first-order valence-electron chi connectivity index (χ1n) is 17.9. The number of ketones is 1. The van der Waals surface area contributed by atoms with Crippen molar-refractivity contribution < 1.29 is 28.5 Å². The molecule has 11 atom stereocenters. The van der Waals surface area contributed by atoms with Crippen LogP contribution in [0, 0.1) is 45.8 Å². The molecule has 246 valence electrons. The number of hydrogen-bond donors (Lipinski definition) is 1. The Kier molecular flexibility index (Phi) is 7.50. The fraction of sp³-hybridized carbons (Fsp3) is 0.917. The van der Waals surface area contributed by atoms with Gasteiger partial charge in [0.15, 0.2) is 5.78 Å². The molecular formula is C36H56N2O6. The zero-order chi connectivity index (χ0) is 30.4. The van der Waals surface area contributed by atoms with Crippen LogP contribution in [-0.2, 0) is 28.5 Å². The van der Waals surface area contributed by atoms with Crippen molar-refractivity contribution in [2.45, 2.75) is 95.4 Å². The Bertz CT molecular complexity index is 1180. The summed E-state index contributed by atoms with van der Waals surface area (Å²) in [4.78, 5) is 14.9. The molecule has 8 rings (SSSR count). The molecule has 0 aromatic heterocycles. The molecule has 0 amide bonds. The Morgan fingerprint density at radius 2 is 1.73 bits per heavy atom. The lowest BCUT2D eigenvalue weighted by atomic mass is 9.46. The van der Waals surface area contributed by atoms with Gasteiger partial charge in [0, 0.05) is 38.0 Å². The van der Waals surface area contributed by atoms with Crippen LogP contribution < -0.4 is 5.73 Å². The van der Waals surface area contributed by atoms with E-state index in [9.17, 15) is 4.79 Å². The minimum atomic E-state index is -0.384. The van der Waals surface area contributed by atoms with E-state index in [4.69, 9.17) is 29.4 Å². The average molecular weight is 613 g/mol. The number of allylic oxidation sites excluding steroid dienone is 2. The Hall–Kier alpha value is -0.870. The highest BCUT2D eigenvalue weighted by Crippen LogP contribution is 2.93. The largest absolute Gasteiger partial charge is 0.382 e. The van der Waals surface area contributed by atoms with E-state index in [1.54, 1.807) is 7.11 Å². The smallest absolute Gasteiger partial charge is 0.155 e. The molecular weight excluding hydrogens is 556 g/mol. The predicted molar refractivity (Wildman–Crippen MR) is 166 cm³/mol. The van der Waals surface area contributed by atoms with Gasteiger partial charge in [0.1, 0.15) is 5.66 Å². The summed E-state index contributed by atoms with van der Waals surface area (Å²) in [7, 11) is 1.68. The summed E-state index contributed by atoms with van der Waals surface area (Å²) in [5.41, 5.74) is 9.70. The van der Waals surface area contributed by atoms with Gasteiger partial charge in [-0.1, -0.05) is 19.4 Å². The van der Waals surface area contributed by atoms with Gasteiger partial charge in [-0.15, -0.1) is 0 Å². The summed E-state index contributed by atoms with van der Waals surface area (Å²) in [6.07, 6.45) is 14.0. The van der Waals surface area contributed by atoms with E-state index < -0.39 is 0 Å². The number of piperidine rings is 1. The van der Waals surface area contributed by atoms with Crippen LogP contribution in [0.25, 0.3) is 0 Å². The fourth-order valence-electron chi connectivity index (χ4n) is 13.0. The van der Waals surface area contributed by atoms with Gasteiger partial charge in [-0.3, -0.25) is 9.69 Å². The Labute approximate surface area is 264 Å². The van der Waals surface area contributed by atoms with Gasteiger partial charge in [-0.2, -0.15) is 0 Å². The molecule has 6 aliphatic carbocycles. The standard InChI is InChI=1S/C36H56N2O6/c1-24-18-31-36(37,38(22-24)10-11-41-14-15-43-17-16-42-13-12-40-3)30-21-34-23-33(34)20-29-27(28(33)7-9-35(30,34)44-31)5-4-25-19-26(39)6-8-32(25,29)2/h19,24,27-31H,4-18,20-23,37H2,1-3H3/t24-,27-,28-,29-,30-,31+,32-,33?,34?,35+,36-/m0/s1. The molecule has 0 bridgehead atoms. The molecule has 2 unspecified atom stereocenters. The second-order valence-electron chi connectivity index (χ2n) is 16.4. The average Bonchev–Trinajstić information content (AvgIpc) is 3.52. The molecule has 7 fully saturated rings. The highest BCUT2D eigenvalue weighted by molar-refractivity contribution is 5.91. The zero-order valence-electron chi connectivity index (χ0n) is 27.5. The summed E-state index contributed by atoms with van der Waals surface area (Å²) < 4.78 is 29.6. The number of hydrogen-bond acceptors (Lipinski definition) is 8. The molecule has 0 radical (unpaired) electrons. The van der Waals surface area contributed by atoms with Gasteiger partial charge in [0.2, 0.25) is 0 Å². The number of methoxy groups -OCH3 is 1. The van der Waals surface area contributed by atoms with Crippen LogP contribution in [0.3, 0.4) is 0 Å². The summed E-state index contributed by atoms with van der Waals surface area (Å²) >= 11 is 0. The molecule has 5 saturated carbocycles. The van der Waals surface area contributed by atoms with E-state index in [0.717, 1.165) is 56.5 Å². The van der Waals surface area contributed by atoms with Crippen LogP contribution in [0.2, 0.25) is 0 Å². The molecule has 8 aliphatic rings. The van der Waals surface area contributed by atoms with E-state index in [0.29, 0.717) is 74.7 Å². The van der Waals surface area contributed by atoms with Gasteiger partial charge >= 0.3 is 0 Å². The molecule has 2 heterocycles. The molecule has 3 spiro atoms. The first-order chi connectivity index (χ1) is 21.2. The van der Waals surface area contributed by atoms with E-state index in [2.05, 4.69) is 24.8 Å². The first-order valence-corrected chi connectivity index (χ1v) is 17.9. The van der Waals surface area contributed by atoms with Gasteiger partial charge in [0.25, 0.3) is 0 Å². The van der Waals surface area contributed by atoms with Crippen molar-refractivity contribution >= 4 is 5.78 Å². The lowest BCUT2D eigenvalue weighted by molar-refractivity contribution is -0.212. The number of rotatable bonds is 12. The van der Waals surface area contributed by atoms with Crippen LogP contribution in [0.1, 0.15) is 78.1 Å². The first kappa shape index (κ1) is 30.5. The molecule has 8 nitrogen and oxygen atoms in total. The fourth-order valence-corrected chi connectivity index (χ4v) is 13.0. The van der Waals surface area contributed by atoms with Crippen LogP contribution >= 0.6 is 0 Å². The maximum atomic E-state index is 12.3. The van der Waals surface area contributed by atoms with Crippen molar-refractivity contribution in [3.8, 4) is 0 Å². The second kappa shape index (κ2) is 10.8. The molecule has 2 aliphatic heterocycles. The Balaban J connectivity index is 0.919. The number of carbonyl (C=O) groups excluding carboxylic acids is 1. The molecule has 0 aromatic carbocycles. The topological polar surface area (TPSA) is 92.5 Å². The van der Waals surface area contributed by atoms with Crippen LogP contribution in [0.15, 0.2) is 11.6 Å². The highest BCUT2D eigenvalue weighted by Gasteiger charge is 2.93. The van der Waals surface area contributed by atoms with Gasteiger partial charge < -0.3 is 29.4 Å². The van der Waals surface area contributed by atoms with Crippen molar-refractivity contribution in [3.05, 3.63) is 11.6 Å². The number of ether oxygens (including phenoxy) is 5. The SMILES string of the molecule is COCCOCCOCCOCCN1C[C@@H](C)C[C@H]2O[C@@]34CC[C@H]5[C@@H]6CCC7=CC(=O)CC[C@]7(C)[C@H]6CC56CC63C[C@@H]4[C@@]21N. The summed E-state index contributed by atoms with van der Waals surface area (Å²) in [6.45, 7) is 11.0. The van der Waals surface area contributed by atoms with Crippen molar-refractivity contribution in [3.63, 3.8) is 0 Å². The Morgan fingerprint density at radius 3 is 2.50 bits per heavy atom. The number of fused-ring (bicyclic) bond motifs is 6. The van der Waals surface area contributed by atoms with Crippen LogP contribution in [0.4, 0.5) is 0 Å². The van der Waals surface area contributed by atoms with Crippen LogP contribution in [-0.4, -0.2) is 94.5 Å². The maximum absolute atomic E-state index is 12.3. The van der Waals surface area contributed by atoms with Crippen molar-refractivity contribution in [1.29, 1.82) is 0 Å². The molecule has 44 heavy (non-hydrogen) atoms. The normalized spacial score (nSPS) is 49.9.